The second-order valence-corrected chi connectivity index (χ2v) is 7.39. The molecular weight excluding hydrogens is 327 g/mol. The zero-order valence-corrected chi connectivity index (χ0v) is 13.3. The van der Waals surface area contributed by atoms with Crippen LogP contribution in [0.5, 0.6) is 0 Å². The SMILES string of the molecule is Cc1ccc(S(=O)(=O)[C@@H](C[NH3+])c2ccc(C(F)(F)F)cc2)cc1. The summed E-state index contributed by atoms with van der Waals surface area (Å²) in [4.78, 5) is 0.136. The molecule has 2 rings (SSSR count). The Morgan fingerprint density at radius 3 is 1.96 bits per heavy atom. The van der Waals surface area contributed by atoms with Gasteiger partial charge >= 0.3 is 6.18 Å². The Hall–Kier alpha value is -1.86. The summed E-state index contributed by atoms with van der Waals surface area (Å²) in [5, 5.41) is -0.979. The molecule has 0 saturated heterocycles. The average Bonchev–Trinajstić information content (AvgIpc) is 2.48. The van der Waals surface area contributed by atoms with Crippen LogP contribution in [0.15, 0.2) is 53.4 Å². The van der Waals surface area contributed by atoms with Gasteiger partial charge in [-0.2, -0.15) is 13.2 Å². The topological polar surface area (TPSA) is 61.8 Å². The molecule has 0 amide bonds. The minimum atomic E-state index is -4.45. The summed E-state index contributed by atoms with van der Waals surface area (Å²) in [5.74, 6) is 0. The molecule has 0 heterocycles. The molecule has 0 aliphatic carbocycles. The van der Waals surface area contributed by atoms with Crippen LogP contribution in [0.25, 0.3) is 0 Å². The lowest BCUT2D eigenvalue weighted by atomic mass is 10.1. The second kappa shape index (κ2) is 6.33. The van der Waals surface area contributed by atoms with Crippen molar-refractivity contribution >= 4 is 9.84 Å². The van der Waals surface area contributed by atoms with Crippen LogP contribution in [0.4, 0.5) is 13.2 Å². The summed E-state index contributed by atoms with van der Waals surface area (Å²) in [5.41, 5.74) is 4.05. The van der Waals surface area contributed by atoms with Crippen molar-refractivity contribution in [3.05, 3.63) is 65.2 Å². The van der Waals surface area contributed by atoms with Crippen molar-refractivity contribution in [3.8, 4) is 0 Å². The molecule has 0 aromatic heterocycles. The van der Waals surface area contributed by atoms with E-state index in [4.69, 9.17) is 0 Å². The highest BCUT2D eigenvalue weighted by molar-refractivity contribution is 7.91. The fourth-order valence-electron chi connectivity index (χ4n) is 2.28. The quantitative estimate of drug-likeness (QED) is 0.927. The lowest BCUT2D eigenvalue weighted by molar-refractivity contribution is -0.367. The van der Waals surface area contributed by atoms with Crippen LogP contribution in [-0.2, 0) is 16.0 Å². The number of hydrogen-bond donors (Lipinski definition) is 1. The molecule has 0 saturated carbocycles. The Bertz CT molecular complexity index is 766. The first kappa shape index (κ1) is 17.5. The Balaban J connectivity index is 2.41. The Morgan fingerprint density at radius 2 is 1.52 bits per heavy atom. The van der Waals surface area contributed by atoms with Crippen molar-refractivity contribution in [2.45, 2.75) is 23.2 Å². The van der Waals surface area contributed by atoms with E-state index in [1.54, 1.807) is 12.1 Å². The van der Waals surface area contributed by atoms with Crippen LogP contribution in [-0.4, -0.2) is 15.0 Å². The molecule has 2 aromatic rings. The van der Waals surface area contributed by atoms with Crippen molar-refractivity contribution < 1.29 is 27.3 Å². The second-order valence-electron chi connectivity index (χ2n) is 5.26. The van der Waals surface area contributed by atoms with Crippen LogP contribution in [0, 0.1) is 6.92 Å². The van der Waals surface area contributed by atoms with Gasteiger partial charge in [0.15, 0.2) is 9.84 Å². The third-order valence-electron chi connectivity index (χ3n) is 3.60. The van der Waals surface area contributed by atoms with E-state index in [0.717, 1.165) is 17.7 Å². The highest BCUT2D eigenvalue weighted by Crippen LogP contribution is 2.32. The molecule has 0 aliphatic heterocycles. The average molecular weight is 344 g/mol. The van der Waals surface area contributed by atoms with Gasteiger partial charge in [-0.1, -0.05) is 29.8 Å². The number of rotatable bonds is 4. The molecule has 0 spiro atoms. The standard InChI is InChI=1S/C16H16F3NO2S/c1-11-2-8-14(9-3-11)23(21,22)15(10-20)12-4-6-13(7-5-12)16(17,18)19/h2-9,15H,10,20H2,1H3/p+1/t15-/m0/s1. The summed E-state index contributed by atoms with van der Waals surface area (Å²) in [7, 11) is -3.71. The molecule has 23 heavy (non-hydrogen) atoms. The number of sulfone groups is 1. The van der Waals surface area contributed by atoms with Gasteiger partial charge in [-0.05, 0) is 36.8 Å². The van der Waals surface area contributed by atoms with E-state index in [2.05, 4.69) is 5.73 Å². The van der Waals surface area contributed by atoms with Gasteiger partial charge in [0.1, 0.15) is 5.25 Å². The van der Waals surface area contributed by atoms with Crippen LogP contribution in [0.2, 0.25) is 0 Å². The zero-order valence-electron chi connectivity index (χ0n) is 12.5. The van der Waals surface area contributed by atoms with Crippen LogP contribution < -0.4 is 5.73 Å². The molecule has 0 unspecified atom stereocenters. The fourth-order valence-corrected chi connectivity index (χ4v) is 3.95. The van der Waals surface area contributed by atoms with E-state index in [1.165, 1.54) is 24.3 Å². The lowest BCUT2D eigenvalue weighted by Crippen LogP contribution is -2.54. The Kier molecular flexibility index (Phi) is 4.81. The largest absolute Gasteiger partial charge is 0.416 e. The Morgan fingerprint density at radius 1 is 1.00 bits per heavy atom. The minimum absolute atomic E-state index is 0.0293. The first-order valence-electron chi connectivity index (χ1n) is 6.93. The zero-order chi connectivity index (χ0) is 17.3. The number of alkyl halides is 3. The normalized spacial score (nSPS) is 13.8. The van der Waals surface area contributed by atoms with Crippen molar-refractivity contribution in [2.24, 2.45) is 0 Å². The first-order chi connectivity index (χ1) is 10.7. The van der Waals surface area contributed by atoms with Crippen LogP contribution >= 0.6 is 0 Å². The number of quaternary nitrogens is 1. The number of hydrogen-bond acceptors (Lipinski definition) is 2. The van der Waals surface area contributed by atoms with Gasteiger partial charge in [0, 0.05) is 0 Å². The smallest absolute Gasteiger partial charge is 0.356 e. The monoisotopic (exact) mass is 344 g/mol. The molecular formula is C16H17F3NO2S+. The summed E-state index contributed by atoms with van der Waals surface area (Å²) >= 11 is 0. The third-order valence-corrected chi connectivity index (χ3v) is 5.78. The van der Waals surface area contributed by atoms with Crippen molar-refractivity contribution in [1.82, 2.24) is 0 Å². The molecule has 1 atom stereocenters. The number of benzene rings is 2. The summed E-state index contributed by atoms with van der Waals surface area (Å²) in [6, 6.07) is 10.5. The summed E-state index contributed by atoms with van der Waals surface area (Å²) in [6.45, 7) is 1.87. The van der Waals surface area contributed by atoms with E-state index >= 15 is 0 Å². The van der Waals surface area contributed by atoms with Gasteiger partial charge in [-0.3, -0.25) is 0 Å². The fraction of sp³-hybridized carbons (Fsp3) is 0.250. The molecule has 0 bridgehead atoms. The minimum Gasteiger partial charge on any atom is -0.356 e. The maximum absolute atomic E-state index is 12.7. The molecule has 0 fully saturated rings. The van der Waals surface area contributed by atoms with Crippen molar-refractivity contribution in [3.63, 3.8) is 0 Å². The van der Waals surface area contributed by atoms with Gasteiger partial charge < -0.3 is 5.73 Å². The summed E-state index contributed by atoms with van der Waals surface area (Å²) in [6.07, 6.45) is -4.45. The maximum atomic E-state index is 12.7. The molecule has 3 nitrogen and oxygen atoms in total. The van der Waals surface area contributed by atoms with Crippen molar-refractivity contribution in [1.29, 1.82) is 0 Å². The van der Waals surface area contributed by atoms with Gasteiger partial charge in [-0.15, -0.1) is 0 Å². The predicted molar refractivity (Wildman–Crippen MR) is 80.3 cm³/mol. The van der Waals surface area contributed by atoms with E-state index in [0.29, 0.717) is 5.56 Å². The highest BCUT2D eigenvalue weighted by atomic mass is 32.2. The lowest BCUT2D eigenvalue weighted by Gasteiger charge is -2.16. The van der Waals surface area contributed by atoms with E-state index in [9.17, 15) is 21.6 Å². The maximum Gasteiger partial charge on any atom is 0.416 e. The van der Waals surface area contributed by atoms with Crippen molar-refractivity contribution in [2.75, 3.05) is 6.54 Å². The summed E-state index contributed by atoms with van der Waals surface area (Å²) < 4.78 is 63.2. The number of aryl methyl sites for hydroxylation is 1. The highest BCUT2D eigenvalue weighted by Gasteiger charge is 2.33. The van der Waals surface area contributed by atoms with Gasteiger partial charge in [0.05, 0.1) is 17.0 Å². The molecule has 0 radical (unpaired) electrons. The van der Waals surface area contributed by atoms with Crippen LogP contribution in [0.1, 0.15) is 21.9 Å². The molecule has 124 valence electrons. The molecule has 3 N–H and O–H groups in total. The third kappa shape index (κ3) is 3.73. The van der Waals surface area contributed by atoms with E-state index < -0.39 is 26.8 Å². The number of halogens is 3. The van der Waals surface area contributed by atoms with Gasteiger partial charge in [-0.25, -0.2) is 8.42 Å². The van der Waals surface area contributed by atoms with Gasteiger partial charge in [0.25, 0.3) is 0 Å². The molecule has 7 heteroatoms. The molecule has 2 aromatic carbocycles. The Labute approximate surface area is 132 Å². The first-order valence-corrected chi connectivity index (χ1v) is 8.48. The van der Waals surface area contributed by atoms with E-state index in [1.807, 2.05) is 6.92 Å². The predicted octanol–water partition coefficient (Wildman–Crippen LogP) is 2.77. The van der Waals surface area contributed by atoms with E-state index in [-0.39, 0.29) is 11.4 Å². The van der Waals surface area contributed by atoms with Crippen LogP contribution in [0.3, 0.4) is 0 Å². The van der Waals surface area contributed by atoms with Gasteiger partial charge in [0.2, 0.25) is 0 Å². The molecule has 0 aliphatic rings.